The summed E-state index contributed by atoms with van der Waals surface area (Å²) in [6.07, 6.45) is -9.43. The number of nitriles is 2. The molecule has 0 saturated carbocycles. The number of hydrogen-bond acceptors (Lipinski definition) is 2. The molecule has 11 heteroatoms. The van der Waals surface area contributed by atoms with Crippen LogP contribution in [0.1, 0.15) is 22.3 Å². The van der Waals surface area contributed by atoms with Gasteiger partial charge in [-0.1, -0.05) is 103 Å². The van der Waals surface area contributed by atoms with Gasteiger partial charge in [-0.15, -0.1) is 0 Å². The van der Waals surface area contributed by atoms with Crippen molar-refractivity contribution in [1.82, 2.24) is 13.7 Å². The molecular weight excluding hydrogens is 809 g/mol. The van der Waals surface area contributed by atoms with E-state index in [1.807, 2.05) is 65.2 Å². The Kier molecular flexibility index (Phi) is 8.15. The number of halogens is 6. The summed E-state index contributed by atoms with van der Waals surface area (Å²) in [5.74, 6) is 0. The Balaban J connectivity index is 1.36. The standard InChI is InChI=1S/C52H27F6N5/c53-51(54,55)30-21-23-36-34-13-3-8-18-43(34)62(46(36)25-30)48-27-49(63-44-19-9-4-14-35(44)37-24-22-31(26-47(37)63)52(56,57)58)40(29-60)50(39(48)28-59)38-15-5-10-20-45(38)61-41-16-6-1-11-32(41)33-12-2-7-17-42(33)61/h1-27H. The van der Waals surface area contributed by atoms with E-state index < -0.39 is 23.5 Å². The molecule has 0 atom stereocenters. The number of benzene rings is 8. The Morgan fingerprint density at radius 2 is 0.683 bits per heavy atom. The summed E-state index contributed by atoms with van der Waals surface area (Å²) in [4.78, 5) is 0. The topological polar surface area (TPSA) is 62.4 Å². The molecule has 0 radical (unpaired) electrons. The highest BCUT2D eigenvalue weighted by Crippen LogP contribution is 2.46. The van der Waals surface area contributed by atoms with Crippen LogP contribution < -0.4 is 0 Å². The van der Waals surface area contributed by atoms with E-state index in [2.05, 4.69) is 12.1 Å². The Labute approximate surface area is 353 Å². The molecule has 3 aromatic heterocycles. The largest absolute Gasteiger partial charge is 0.416 e. The number of alkyl halides is 6. The van der Waals surface area contributed by atoms with E-state index in [-0.39, 0.29) is 39.1 Å². The van der Waals surface area contributed by atoms with E-state index in [4.69, 9.17) is 0 Å². The van der Waals surface area contributed by atoms with Crippen LogP contribution in [0.25, 0.3) is 93.6 Å². The number of rotatable bonds is 4. The summed E-state index contributed by atoms with van der Waals surface area (Å²) < 4.78 is 92.3. The maximum absolute atomic E-state index is 14.5. The van der Waals surface area contributed by atoms with Crippen LogP contribution in [0.5, 0.6) is 0 Å². The number of aromatic nitrogens is 3. The molecule has 0 amide bonds. The van der Waals surface area contributed by atoms with Crippen molar-refractivity contribution in [2.45, 2.75) is 12.4 Å². The van der Waals surface area contributed by atoms with E-state index in [0.29, 0.717) is 43.8 Å². The first-order valence-corrected chi connectivity index (χ1v) is 19.8. The van der Waals surface area contributed by atoms with E-state index in [0.717, 1.165) is 46.1 Å². The highest BCUT2D eigenvalue weighted by Gasteiger charge is 2.34. The molecule has 11 aromatic rings. The molecule has 5 nitrogen and oxygen atoms in total. The average Bonchev–Trinajstić information content (AvgIpc) is 3.93. The zero-order valence-electron chi connectivity index (χ0n) is 32.6. The molecule has 0 spiro atoms. The van der Waals surface area contributed by atoms with Crippen LogP contribution in [0.4, 0.5) is 26.3 Å². The van der Waals surface area contributed by atoms with Gasteiger partial charge in [-0.2, -0.15) is 36.9 Å². The smallest absolute Gasteiger partial charge is 0.309 e. The lowest BCUT2D eigenvalue weighted by Gasteiger charge is -2.22. The highest BCUT2D eigenvalue weighted by molar-refractivity contribution is 6.13. The summed E-state index contributed by atoms with van der Waals surface area (Å²) in [5, 5.41) is 27.0. The fourth-order valence-electron chi connectivity index (χ4n) is 9.38. The molecule has 3 heterocycles. The zero-order chi connectivity index (χ0) is 43.4. The molecule has 0 saturated heterocycles. The summed E-state index contributed by atoms with van der Waals surface area (Å²) in [5.41, 5.74) is 2.46. The third kappa shape index (κ3) is 5.56. The quantitative estimate of drug-likeness (QED) is 0.166. The Bertz CT molecular complexity index is 3590. The first-order valence-electron chi connectivity index (χ1n) is 19.8. The van der Waals surface area contributed by atoms with Crippen LogP contribution in [0.2, 0.25) is 0 Å². The second-order valence-corrected chi connectivity index (χ2v) is 15.3. The number of hydrogen-bond donors (Lipinski definition) is 0. The van der Waals surface area contributed by atoms with Crippen molar-refractivity contribution >= 4 is 65.4 Å². The second-order valence-electron chi connectivity index (χ2n) is 15.3. The van der Waals surface area contributed by atoms with E-state index in [1.165, 1.54) is 12.1 Å². The summed E-state index contributed by atoms with van der Waals surface area (Å²) >= 11 is 0. The third-order valence-electron chi connectivity index (χ3n) is 12.0. The van der Waals surface area contributed by atoms with Crippen LogP contribution >= 0.6 is 0 Å². The van der Waals surface area contributed by atoms with Crippen molar-refractivity contribution in [2.24, 2.45) is 0 Å². The lowest BCUT2D eigenvalue weighted by Crippen LogP contribution is -2.09. The van der Waals surface area contributed by atoms with E-state index >= 15 is 0 Å². The molecule has 0 aliphatic heterocycles. The normalized spacial score (nSPS) is 12.3. The lowest BCUT2D eigenvalue weighted by molar-refractivity contribution is -0.138. The van der Waals surface area contributed by atoms with Crippen LogP contribution in [0.3, 0.4) is 0 Å². The van der Waals surface area contributed by atoms with Gasteiger partial charge in [-0.3, -0.25) is 0 Å². The minimum Gasteiger partial charge on any atom is -0.309 e. The minimum atomic E-state index is -4.71. The van der Waals surface area contributed by atoms with Gasteiger partial charge in [-0.25, -0.2) is 0 Å². The molecule has 8 aromatic carbocycles. The molecule has 0 aliphatic carbocycles. The van der Waals surface area contributed by atoms with Crippen molar-refractivity contribution in [3.63, 3.8) is 0 Å². The number of para-hydroxylation sites is 5. The van der Waals surface area contributed by atoms with Gasteiger partial charge in [0.1, 0.15) is 12.1 Å². The van der Waals surface area contributed by atoms with Gasteiger partial charge in [0.2, 0.25) is 0 Å². The van der Waals surface area contributed by atoms with Gasteiger partial charge in [0.15, 0.2) is 0 Å². The summed E-state index contributed by atoms with van der Waals surface area (Å²) in [6.45, 7) is 0. The summed E-state index contributed by atoms with van der Waals surface area (Å²) in [7, 11) is 0. The SMILES string of the molecule is N#Cc1c(-n2c3ccccc3c3ccc(C(F)(F)F)cc32)cc(-n2c3ccccc3c3ccc(C(F)(F)F)cc32)c(C#N)c1-c1ccccc1-n1c2ccccc2c2ccccc21. The predicted molar refractivity (Wildman–Crippen MR) is 234 cm³/mol. The lowest BCUT2D eigenvalue weighted by atomic mass is 9.90. The predicted octanol–water partition coefficient (Wildman–Crippen LogP) is 14.4. The van der Waals surface area contributed by atoms with Gasteiger partial charge in [0.25, 0.3) is 0 Å². The van der Waals surface area contributed by atoms with Crippen molar-refractivity contribution in [1.29, 1.82) is 10.5 Å². The molecule has 63 heavy (non-hydrogen) atoms. The molecular formula is C52H27F6N5. The van der Waals surface area contributed by atoms with Gasteiger partial charge in [-0.05, 0) is 60.7 Å². The van der Waals surface area contributed by atoms with Gasteiger partial charge in [0, 0.05) is 43.4 Å². The second kappa shape index (κ2) is 13.6. The van der Waals surface area contributed by atoms with Crippen LogP contribution in [0.15, 0.2) is 164 Å². The Morgan fingerprint density at radius 3 is 1.06 bits per heavy atom. The molecule has 0 N–H and O–H groups in total. The monoisotopic (exact) mass is 835 g/mol. The first kappa shape index (κ1) is 37.7. The zero-order valence-corrected chi connectivity index (χ0v) is 32.6. The highest BCUT2D eigenvalue weighted by atomic mass is 19.4. The Hall–Kier alpha value is -8.28. The van der Waals surface area contributed by atoms with Crippen molar-refractivity contribution in [3.05, 3.63) is 186 Å². The van der Waals surface area contributed by atoms with Crippen LogP contribution in [-0.2, 0) is 12.4 Å². The first-order chi connectivity index (χ1) is 30.5. The Morgan fingerprint density at radius 1 is 0.349 bits per heavy atom. The number of nitrogens with zero attached hydrogens (tertiary/aromatic N) is 5. The molecule has 302 valence electrons. The van der Waals surface area contributed by atoms with Crippen LogP contribution in [-0.4, -0.2) is 13.7 Å². The summed E-state index contributed by atoms with van der Waals surface area (Å²) in [6, 6.07) is 50.1. The molecule has 0 bridgehead atoms. The van der Waals surface area contributed by atoms with E-state index in [9.17, 15) is 36.9 Å². The third-order valence-corrected chi connectivity index (χ3v) is 12.0. The van der Waals surface area contributed by atoms with E-state index in [1.54, 1.807) is 75.9 Å². The molecule has 11 rings (SSSR count). The number of fused-ring (bicyclic) bond motifs is 9. The average molecular weight is 836 g/mol. The van der Waals surface area contributed by atoms with Crippen LogP contribution in [0, 0.1) is 22.7 Å². The van der Waals surface area contributed by atoms with Crippen molar-refractivity contribution in [2.75, 3.05) is 0 Å². The van der Waals surface area contributed by atoms with Gasteiger partial charge in [0.05, 0.1) is 72.4 Å². The van der Waals surface area contributed by atoms with Gasteiger partial charge >= 0.3 is 12.4 Å². The van der Waals surface area contributed by atoms with Crippen molar-refractivity contribution < 1.29 is 26.3 Å². The maximum atomic E-state index is 14.5. The fourth-order valence-corrected chi connectivity index (χ4v) is 9.38. The van der Waals surface area contributed by atoms with Gasteiger partial charge < -0.3 is 13.7 Å². The molecule has 0 aliphatic rings. The van der Waals surface area contributed by atoms with Crippen molar-refractivity contribution in [3.8, 4) is 40.3 Å². The molecule has 0 fully saturated rings. The fraction of sp³-hybridized carbons (Fsp3) is 0.0385. The minimum absolute atomic E-state index is 0.0275. The molecule has 0 unspecified atom stereocenters. The maximum Gasteiger partial charge on any atom is 0.416 e.